The highest BCUT2D eigenvalue weighted by atomic mass is 127. The number of aliphatic carboxylic acids is 1. The topological polar surface area (TPSA) is 143 Å². The Morgan fingerprint density at radius 2 is 1.52 bits per heavy atom. The molecule has 208 valence electrons. The van der Waals surface area contributed by atoms with Gasteiger partial charge in [0.1, 0.15) is 6.04 Å². The lowest BCUT2D eigenvalue weighted by Gasteiger charge is -2.33. The number of aromatic nitrogens is 1. The number of nitrogens with one attached hydrogen (secondary N) is 2. The highest BCUT2D eigenvalue weighted by molar-refractivity contribution is 14.1. The van der Waals surface area contributed by atoms with Crippen molar-refractivity contribution in [2.24, 2.45) is 0 Å². The first-order valence-corrected chi connectivity index (χ1v) is 13.7. The van der Waals surface area contributed by atoms with Gasteiger partial charge in [-0.3, -0.25) is 12.7 Å². The third kappa shape index (κ3) is 7.26. The van der Waals surface area contributed by atoms with Gasteiger partial charge >= 0.3 is 5.97 Å². The highest BCUT2D eigenvalue weighted by Crippen LogP contribution is 2.25. The van der Waals surface area contributed by atoms with Crippen LogP contribution in [-0.2, 0) is 22.4 Å². The molecule has 10 heteroatoms. The molecular formula is C30H30IN3O6. The summed E-state index contributed by atoms with van der Waals surface area (Å²) in [5, 5.41) is 35.6. The van der Waals surface area contributed by atoms with Crippen molar-refractivity contribution in [1.29, 1.82) is 0 Å². The summed E-state index contributed by atoms with van der Waals surface area (Å²) in [6.07, 6.45) is 1.14. The van der Waals surface area contributed by atoms with Gasteiger partial charge in [-0.15, -0.1) is 0 Å². The lowest BCUT2D eigenvalue weighted by atomic mass is 9.94. The Balaban J connectivity index is 1.46. The largest absolute Gasteiger partial charge is 0.480 e. The maximum atomic E-state index is 13.1. The number of para-hydroxylation sites is 1. The summed E-state index contributed by atoms with van der Waals surface area (Å²) >= 11 is 1.67. The first-order chi connectivity index (χ1) is 19.2. The van der Waals surface area contributed by atoms with Crippen molar-refractivity contribution in [3.63, 3.8) is 0 Å². The summed E-state index contributed by atoms with van der Waals surface area (Å²) in [5.41, 5.74) is 2.73. The zero-order valence-corrected chi connectivity index (χ0v) is 23.7. The van der Waals surface area contributed by atoms with Crippen LogP contribution in [0.3, 0.4) is 0 Å². The molecular weight excluding hydrogens is 625 g/mol. The van der Waals surface area contributed by atoms with Gasteiger partial charge in [-0.05, 0) is 35.7 Å². The Morgan fingerprint density at radius 3 is 2.20 bits per heavy atom. The predicted octanol–water partition coefficient (Wildman–Crippen LogP) is 3.84. The molecule has 4 rings (SSSR count). The number of fused-ring (bicyclic) bond motifs is 1. The van der Waals surface area contributed by atoms with Crippen molar-refractivity contribution in [3.05, 3.63) is 108 Å². The number of hydrogen-bond donors (Lipinski definition) is 5. The number of nitrogens with zero attached hydrogens (tertiary/aromatic N) is 1. The molecule has 0 aliphatic carbocycles. The molecule has 0 radical (unpaired) electrons. The lowest BCUT2D eigenvalue weighted by molar-refractivity contribution is -0.188. The van der Waals surface area contributed by atoms with Crippen molar-refractivity contribution >= 4 is 51.6 Å². The second-order valence-corrected chi connectivity index (χ2v) is 10.6. The summed E-state index contributed by atoms with van der Waals surface area (Å²) < 4.78 is 1.09. The quantitative estimate of drug-likeness (QED) is 0.0892. The molecule has 5 N–H and O–H groups in total. The number of hydrogen-bond acceptors (Lipinski definition) is 5. The van der Waals surface area contributed by atoms with E-state index in [-0.39, 0.29) is 19.3 Å². The fraction of sp³-hybridized carbons (Fsp3) is 0.233. The molecule has 1 heterocycles. The summed E-state index contributed by atoms with van der Waals surface area (Å²) in [5.74, 6) is -4.69. The number of H-pyrrole nitrogens is 1. The van der Waals surface area contributed by atoms with E-state index in [0.717, 1.165) is 25.1 Å². The van der Waals surface area contributed by atoms with E-state index in [2.05, 4.69) is 10.3 Å². The molecule has 0 saturated heterocycles. The van der Waals surface area contributed by atoms with E-state index >= 15 is 0 Å². The van der Waals surface area contributed by atoms with Gasteiger partial charge < -0.3 is 25.6 Å². The molecule has 1 unspecified atom stereocenters. The Bertz CT molecular complexity index is 1460. The van der Waals surface area contributed by atoms with Crippen molar-refractivity contribution in [2.75, 3.05) is 0 Å². The SMILES string of the molecule is O=C(N[C@@H](Cc1ccccc1)C(O)(O)CCC(=O)N(I)C(Cc1c[nH]c2ccccc12)C(=O)O)c1ccccc1. The van der Waals surface area contributed by atoms with Crippen LogP contribution >= 0.6 is 22.9 Å². The summed E-state index contributed by atoms with van der Waals surface area (Å²) in [6, 6.07) is 22.6. The maximum absolute atomic E-state index is 13.1. The van der Waals surface area contributed by atoms with Crippen LogP contribution in [0, 0.1) is 0 Å². The van der Waals surface area contributed by atoms with Gasteiger partial charge in [-0.2, -0.15) is 0 Å². The van der Waals surface area contributed by atoms with Crippen molar-refractivity contribution in [3.8, 4) is 0 Å². The second kappa shape index (κ2) is 13.1. The van der Waals surface area contributed by atoms with Crippen molar-refractivity contribution < 1.29 is 29.7 Å². The molecule has 3 aromatic carbocycles. The number of carbonyl (C=O) groups is 3. The van der Waals surface area contributed by atoms with Gasteiger partial charge in [-0.25, -0.2) is 4.79 Å². The maximum Gasteiger partial charge on any atom is 0.327 e. The monoisotopic (exact) mass is 655 g/mol. The van der Waals surface area contributed by atoms with Crippen LogP contribution in [0.25, 0.3) is 10.9 Å². The van der Waals surface area contributed by atoms with Crippen molar-refractivity contribution in [1.82, 2.24) is 13.4 Å². The minimum atomic E-state index is -2.46. The zero-order valence-electron chi connectivity index (χ0n) is 21.5. The molecule has 0 aliphatic heterocycles. The molecule has 0 fully saturated rings. The zero-order chi connectivity index (χ0) is 28.7. The van der Waals surface area contributed by atoms with Crippen LogP contribution in [-0.4, -0.2) is 59.1 Å². The molecule has 2 atom stereocenters. The van der Waals surface area contributed by atoms with E-state index < -0.39 is 42.1 Å². The second-order valence-electron chi connectivity index (χ2n) is 9.58. The summed E-state index contributed by atoms with van der Waals surface area (Å²) in [6.45, 7) is 0. The van der Waals surface area contributed by atoms with E-state index in [1.807, 2.05) is 30.3 Å². The number of amides is 2. The van der Waals surface area contributed by atoms with Crippen LogP contribution in [0.2, 0.25) is 0 Å². The molecule has 2 amide bonds. The van der Waals surface area contributed by atoms with E-state index in [1.165, 1.54) is 0 Å². The smallest absolute Gasteiger partial charge is 0.327 e. The van der Waals surface area contributed by atoms with Gasteiger partial charge in [-0.1, -0.05) is 66.7 Å². The molecule has 1 aromatic heterocycles. The summed E-state index contributed by atoms with van der Waals surface area (Å²) in [7, 11) is 0. The molecule has 0 saturated carbocycles. The molecule has 0 spiro atoms. The number of carboxylic acid groups (broad SMARTS) is 1. The first kappa shape index (κ1) is 29.2. The normalized spacial score (nSPS) is 13.0. The van der Waals surface area contributed by atoms with Crippen LogP contribution in [0.4, 0.5) is 0 Å². The van der Waals surface area contributed by atoms with E-state index in [9.17, 15) is 29.7 Å². The molecule has 4 aromatic rings. The Kier molecular flexibility index (Phi) is 9.56. The average Bonchev–Trinajstić information content (AvgIpc) is 3.37. The Hall–Kier alpha value is -3.74. The highest BCUT2D eigenvalue weighted by Gasteiger charge is 2.38. The predicted molar refractivity (Wildman–Crippen MR) is 159 cm³/mol. The molecule has 40 heavy (non-hydrogen) atoms. The standard InChI is InChI=1S/C30H30IN3O6/c31-34(25(29(37)38)18-22-19-32-24-14-8-7-13-23(22)24)27(35)15-16-30(39,40)26(17-20-9-3-1-4-10-20)33-28(36)21-11-5-2-6-12-21/h1-14,19,25-26,32,39-40H,15-18H2,(H,33,36)(H,37,38)/t25?,26-/m0/s1. The number of benzene rings is 3. The van der Waals surface area contributed by atoms with E-state index in [0.29, 0.717) is 5.56 Å². The minimum Gasteiger partial charge on any atom is -0.480 e. The van der Waals surface area contributed by atoms with Crippen LogP contribution in [0.15, 0.2) is 91.1 Å². The minimum absolute atomic E-state index is 0.0706. The van der Waals surface area contributed by atoms with Crippen LogP contribution < -0.4 is 5.32 Å². The van der Waals surface area contributed by atoms with Gasteiger partial charge in [0, 0.05) is 41.9 Å². The Morgan fingerprint density at radius 1 is 0.900 bits per heavy atom. The first-order valence-electron chi connectivity index (χ1n) is 12.8. The fourth-order valence-corrected chi connectivity index (χ4v) is 5.21. The van der Waals surface area contributed by atoms with Crippen LogP contribution in [0.5, 0.6) is 0 Å². The third-order valence-corrected chi connectivity index (χ3v) is 7.98. The van der Waals surface area contributed by atoms with E-state index in [4.69, 9.17) is 0 Å². The number of carbonyl (C=O) groups excluding carboxylic acids is 2. The van der Waals surface area contributed by atoms with Gasteiger partial charge in [0.05, 0.1) is 28.9 Å². The Labute approximate surface area is 245 Å². The lowest BCUT2D eigenvalue weighted by Crippen LogP contribution is -2.54. The van der Waals surface area contributed by atoms with Gasteiger partial charge in [0.25, 0.3) is 5.91 Å². The molecule has 0 bridgehead atoms. The van der Waals surface area contributed by atoms with Crippen LogP contribution in [0.1, 0.15) is 34.3 Å². The number of aliphatic hydroxyl groups is 2. The fourth-order valence-electron chi connectivity index (χ4n) is 4.53. The third-order valence-electron chi connectivity index (χ3n) is 6.77. The van der Waals surface area contributed by atoms with Gasteiger partial charge in [0.2, 0.25) is 5.91 Å². The van der Waals surface area contributed by atoms with Crippen molar-refractivity contribution in [2.45, 2.75) is 43.6 Å². The summed E-state index contributed by atoms with van der Waals surface area (Å²) in [4.78, 5) is 41.2. The number of carboxylic acids is 1. The average molecular weight is 655 g/mol. The number of aromatic amines is 1. The molecule has 9 nitrogen and oxygen atoms in total. The molecule has 0 aliphatic rings. The number of halogens is 1. The number of rotatable bonds is 12. The van der Waals surface area contributed by atoms with Gasteiger partial charge in [0.15, 0.2) is 5.79 Å². The van der Waals surface area contributed by atoms with E-state index in [1.54, 1.807) is 83.7 Å².